The van der Waals surface area contributed by atoms with Crippen molar-refractivity contribution in [2.45, 2.75) is 26.1 Å². The molecule has 2 aromatic heterocycles. The van der Waals surface area contributed by atoms with Crippen LogP contribution in [-0.2, 0) is 10.9 Å². The monoisotopic (exact) mass is 523 g/mol. The van der Waals surface area contributed by atoms with Gasteiger partial charge in [0.1, 0.15) is 17.2 Å². The van der Waals surface area contributed by atoms with Crippen molar-refractivity contribution in [1.29, 1.82) is 0 Å². The average molecular weight is 524 g/mol. The molecule has 10 heteroatoms. The summed E-state index contributed by atoms with van der Waals surface area (Å²) in [5, 5.41) is 5.79. The first kappa shape index (κ1) is 27.1. The van der Waals surface area contributed by atoms with Crippen molar-refractivity contribution in [3.05, 3.63) is 71.2 Å². The molecule has 1 saturated heterocycles. The Balaban J connectivity index is 1.68. The zero-order valence-corrected chi connectivity index (χ0v) is 21.3. The summed E-state index contributed by atoms with van der Waals surface area (Å²) in [5.74, 6) is 6.39. The molecule has 3 heterocycles. The lowest BCUT2D eigenvalue weighted by molar-refractivity contribution is -0.141. The van der Waals surface area contributed by atoms with E-state index in [1.165, 1.54) is 6.07 Å². The van der Waals surface area contributed by atoms with E-state index in [0.717, 1.165) is 34.8 Å². The quantitative estimate of drug-likeness (QED) is 0.479. The fourth-order valence-corrected chi connectivity index (χ4v) is 3.89. The minimum absolute atomic E-state index is 0.0152. The molecule has 4 rings (SSSR count). The predicted molar refractivity (Wildman–Crippen MR) is 140 cm³/mol. The molecule has 1 aliphatic heterocycles. The normalized spacial score (nSPS) is 14.4. The van der Waals surface area contributed by atoms with Gasteiger partial charge >= 0.3 is 6.18 Å². The Morgan fingerprint density at radius 3 is 2.61 bits per heavy atom. The molecule has 0 aliphatic carbocycles. The highest BCUT2D eigenvalue weighted by atomic mass is 19.4. The SMILES string of the molecule is CN[C@H](C)C#Cc1cc(-c2cc(NC(=O)c3ccnc(C(F)(F)F)c3)ccc2C)cc(N2CCOCC2)n1. The van der Waals surface area contributed by atoms with Crippen LogP contribution in [0.2, 0.25) is 0 Å². The summed E-state index contributed by atoms with van der Waals surface area (Å²) in [5.41, 5.74) is 2.45. The number of carbonyl (C=O) groups is 1. The van der Waals surface area contributed by atoms with Crippen LogP contribution in [0, 0.1) is 18.8 Å². The summed E-state index contributed by atoms with van der Waals surface area (Å²) >= 11 is 0. The number of morpholine rings is 1. The van der Waals surface area contributed by atoms with Gasteiger partial charge < -0.3 is 20.3 Å². The summed E-state index contributed by atoms with van der Waals surface area (Å²) in [6.07, 6.45) is -3.67. The molecule has 1 amide bonds. The highest BCUT2D eigenvalue weighted by molar-refractivity contribution is 6.04. The van der Waals surface area contributed by atoms with E-state index in [0.29, 0.717) is 37.7 Å². The van der Waals surface area contributed by atoms with Crippen LogP contribution in [0.3, 0.4) is 0 Å². The highest BCUT2D eigenvalue weighted by Crippen LogP contribution is 2.31. The van der Waals surface area contributed by atoms with Crippen LogP contribution < -0.4 is 15.5 Å². The van der Waals surface area contributed by atoms with E-state index in [2.05, 4.69) is 32.4 Å². The third-order valence-electron chi connectivity index (χ3n) is 6.12. The van der Waals surface area contributed by atoms with Gasteiger partial charge in [-0.1, -0.05) is 12.0 Å². The van der Waals surface area contributed by atoms with Crippen LogP contribution in [0.5, 0.6) is 0 Å². The maximum atomic E-state index is 13.0. The van der Waals surface area contributed by atoms with E-state index in [1.54, 1.807) is 12.1 Å². The number of rotatable bonds is 5. The molecule has 0 saturated carbocycles. The van der Waals surface area contributed by atoms with Gasteiger partial charge in [0.05, 0.1) is 19.3 Å². The van der Waals surface area contributed by atoms with Gasteiger partial charge in [0, 0.05) is 30.5 Å². The Bertz CT molecular complexity index is 1370. The van der Waals surface area contributed by atoms with Crippen LogP contribution in [0.4, 0.5) is 24.7 Å². The maximum Gasteiger partial charge on any atom is 0.433 e. The molecule has 1 atom stereocenters. The first-order valence-corrected chi connectivity index (χ1v) is 12.1. The van der Waals surface area contributed by atoms with Crippen molar-refractivity contribution in [3.8, 4) is 23.0 Å². The van der Waals surface area contributed by atoms with Gasteiger partial charge in [-0.05, 0) is 79.9 Å². The Morgan fingerprint density at radius 1 is 1.13 bits per heavy atom. The number of benzene rings is 1. The minimum atomic E-state index is -4.64. The third-order valence-corrected chi connectivity index (χ3v) is 6.12. The first-order valence-electron chi connectivity index (χ1n) is 12.1. The molecular formula is C28H28F3N5O2. The number of carbonyl (C=O) groups excluding carboxylic acids is 1. The summed E-state index contributed by atoms with van der Waals surface area (Å²) in [6, 6.07) is 11.2. The average Bonchev–Trinajstić information content (AvgIpc) is 2.92. The van der Waals surface area contributed by atoms with Gasteiger partial charge in [0.2, 0.25) is 0 Å². The second kappa shape index (κ2) is 11.6. The van der Waals surface area contributed by atoms with E-state index < -0.39 is 17.8 Å². The molecule has 0 spiro atoms. The molecule has 1 aliphatic rings. The van der Waals surface area contributed by atoms with Crippen LogP contribution in [0.25, 0.3) is 11.1 Å². The van der Waals surface area contributed by atoms with Gasteiger partial charge in [0.25, 0.3) is 5.91 Å². The van der Waals surface area contributed by atoms with Crippen LogP contribution in [0.15, 0.2) is 48.7 Å². The molecule has 2 N–H and O–H groups in total. The van der Waals surface area contributed by atoms with E-state index in [9.17, 15) is 18.0 Å². The zero-order chi connectivity index (χ0) is 27.3. The largest absolute Gasteiger partial charge is 0.433 e. The van der Waals surface area contributed by atoms with Crippen LogP contribution in [-0.4, -0.2) is 55.3 Å². The van der Waals surface area contributed by atoms with Crippen molar-refractivity contribution in [3.63, 3.8) is 0 Å². The molecule has 0 radical (unpaired) electrons. The summed E-state index contributed by atoms with van der Waals surface area (Å²) in [7, 11) is 1.83. The molecule has 0 bridgehead atoms. The van der Waals surface area contributed by atoms with Crippen molar-refractivity contribution < 1.29 is 22.7 Å². The molecule has 1 aromatic carbocycles. The fraction of sp³-hybridized carbons (Fsp3) is 0.321. The third kappa shape index (κ3) is 6.68. The number of nitrogens with zero attached hydrogens (tertiary/aromatic N) is 3. The number of amides is 1. The lowest BCUT2D eigenvalue weighted by Gasteiger charge is -2.28. The predicted octanol–water partition coefficient (Wildman–Crippen LogP) is 4.52. The van der Waals surface area contributed by atoms with Gasteiger partial charge in [-0.15, -0.1) is 0 Å². The van der Waals surface area contributed by atoms with Crippen molar-refractivity contribution in [2.24, 2.45) is 0 Å². The number of pyridine rings is 2. The van der Waals surface area contributed by atoms with E-state index >= 15 is 0 Å². The topological polar surface area (TPSA) is 79.4 Å². The Hall–Kier alpha value is -3.94. The number of ether oxygens (including phenoxy) is 1. The zero-order valence-electron chi connectivity index (χ0n) is 21.3. The number of hydrogen-bond donors (Lipinski definition) is 2. The van der Waals surface area contributed by atoms with Crippen LogP contribution >= 0.6 is 0 Å². The fourth-order valence-electron chi connectivity index (χ4n) is 3.89. The number of aryl methyl sites for hydroxylation is 1. The number of aromatic nitrogens is 2. The first-order chi connectivity index (χ1) is 18.1. The molecule has 0 unspecified atom stereocenters. The molecule has 3 aromatic rings. The number of halogens is 3. The van der Waals surface area contributed by atoms with Gasteiger partial charge in [-0.25, -0.2) is 4.98 Å². The number of alkyl halides is 3. The lowest BCUT2D eigenvalue weighted by Crippen LogP contribution is -2.36. The summed E-state index contributed by atoms with van der Waals surface area (Å²) < 4.78 is 44.6. The molecular weight excluding hydrogens is 495 g/mol. The highest BCUT2D eigenvalue weighted by Gasteiger charge is 2.33. The standard InChI is InChI=1S/C28H28F3N5O2/c1-18-4-6-23(35-27(37)20-8-9-33-25(15-20)28(29,30)31)17-24(18)21-14-22(7-5-19(2)32-3)34-26(16-21)36-10-12-38-13-11-36/h4,6,8-9,14-17,19,32H,10-13H2,1-3H3,(H,35,37)/t19-/m1/s1. The second-order valence-corrected chi connectivity index (χ2v) is 8.89. The molecule has 198 valence electrons. The number of nitrogens with one attached hydrogen (secondary N) is 2. The minimum Gasteiger partial charge on any atom is -0.378 e. The smallest absolute Gasteiger partial charge is 0.378 e. The number of hydrogen-bond acceptors (Lipinski definition) is 6. The van der Waals surface area contributed by atoms with Gasteiger partial charge in [0.15, 0.2) is 0 Å². The Kier molecular flexibility index (Phi) is 8.29. The maximum absolute atomic E-state index is 13.0. The van der Waals surface area contributed by atoms with Gasteiger partial charge in [-0.2, -0.15) is 13.2 Å². The van der Waals surface area contributed by atoms with Crippen molar-refractivity contribution in [1.82, 2.24) is 15.3 Å². The molecule has 38 heavy (non-hydrogen) atoms. The summed E-state index contributed by atoms with van der Waals surface area (Å²) in [4.78, 5) is 23.0. The van der Waals surface area contributed by atoms with E-state index in [1.807, 2.05) is 39.1 Å². The van der Waals surface area contributed by atoms with Crippen LogP contribution in [0.1, 0.15) is 34.2 Å². The lowest BCUT2D eigenvalue weighted by atomic mass is 9.99. The van der Waals surface area contributed by atoms with E-state index in [4.69, 9.17) is 9.72 Å². The van der Waals surface area contributed by atoms with Crippen molar-refractivity contribution in [2.75, 3.05) is 43.6 Å². The second-order valence-electron chi connectivity index (χ2n) is 8.89. The van der Waals surface area contributed by atoms with E-state index in [-0.39, 0.29) is 11.6 Å². The summed E-state index contributed by atoms with van der Waals surface area (Å²) in [6.45, 7) is 6.53. The Morgan fingerprint density at radius 2 is 1.89 bits per heavy atom. The Labute approximate surface area is 219 Å². The molecule has 7 nitrogen and oxygen atoms in total. The number of anilines is 2. The van der Waals surface area contributed by atoms with Gasteiger partial charge in [-0.3, -0.25) is 9.78 Å². The van der Waals surface area contributed by atoms with Crippen molar-refractivity contribution >= 4 is 17.4 Å². The molecule has 1 fully saturated rings.